The third kappa shape index (κ3) is 4.38. The predicted octanol–water partition coefficient (Wildman–Crippen LogP) is 2.65. The molecule has 0 saturated heterocycles. The molecule has 1 aliphatic rings. The van der Waals surface area contributed by atoms with Crippen molar-refractivity contribution in [2.24, 2.45) is 11.1 Å². The van der Waals surface area contributed by atoms with Gasteiger partial charge in [-0.05, 0) is 31.1 Å². The normalized spacial score (nSPS) is 22.1. The monoisotopic (exact) mass is 215 g/mol. The molecular weight excluding hydrogens is 194 g/mol. The molecule has 3 heteroatoms. The minimum atomic E-state index is 0.442. The predicted molar refractivity (Wildman–Crippen MR) is 63.4 cm³/mol. The Bertz CT molecular complexity index is 193. The van der Waals surface area contributed by atoms with Crippen molar-refractivity contribution in [2.45, 2.75) is 52.1 Å². The Morgan fingerprint density at radius 2 is 2.00 bits per heavy atom. The van der Waals surface area contributed by atoms with E-state index in [1.807, 2.05) is 0 Å². The van der Waals surface area contributed by atoms with Gasteiger partial charge in [-0.25, -0.2) is 0 Å². The Morgan fingerprint density at radius 3 is 2.50 bits per heavy atom. The van der Waals surface area contributed by atoms with Crippen LogP contribution in [-0.4, -0.2) is 17.7 Å². The third-order valence-electron chi connectivity index (χ3n) is 2.99. The molecule has 1 aliphatic carbocycles. The number of hydrogen-bond donors (Lipinski definition) is 1. The van der Waals surface area contributed by atoms with E-state index in [0.717, 1.165) is 6.42 Å². The lowest BCUT2D eigenvalue weighted by Crippen LogP contribution is -2.27. The maximum atomic E-state index is 5.72. The number of thiocarbonyl (C=S) groups is 1. The van der Waals surface area contributed by atoms with Gasteiger partial charge >= 0.3 is 0 Å². The van der Waals surface area contributed by atoms with Gasteiger partial charge in [0, 0.05) is 6.42 Å². The van der Waals surface area contributed by atoms with Crippen LogP contribution >= 0.6 is 12.2 Å². The number of rotatable bonds is 4. The lowest BCUT2D eigenvalue weighted by Gasteiger charge is -2.34. The first-order chi connectivity index (χ1) is 6.49. The average molecular weight is 215 g/mol. The first-order valence-electron chi connectivity index (χ1n) is 5.39. The van der Waals surface area contributed by atoms with Gasteiger partial charge in [0.2, 0.25) is 0 Å². The minimum absolute atomic E-state index is 0.442. The zero-order valence-corrected chi connectivity index (χ0v) is 10.0. The molecule has 0 unspecified atom stereocenters. The molecule has 1 fully saturated rings. The van der Waals surface area contributed by atoms with Crippen LogP contribution in [0.5, 0.6) is 0 Å². The van der Waals surface area contributed by atoms with Gasteiger partial charge in [-0.3, -0.25) is 0 Å². The Balaban J connectivity index is 2.13. The maximum Gasteiger partial charge on any atom is 0.0750 e. The maximum absolute atomic E-state index is 5.72. The highest BCUT2D eigenvalue weighted by Gasteiger charge is 2.26. The quantitative estimate of drug-likeness (QED) is 0.732. The third-order valence-corrected chi connectivity index (χ3v) is 3.19. The van der Waals surface area contributed by atoms with E-state index in [-0.39, 0.29) is 0 Å². The molecule has 0 atom stereocenters. The Hall–Kier alpha value is -0.150. The fraction of sp³-hybridized carbons (Fsp3) is 0.909. The van der Waals surface area contributed by atoms with Gasteiger partial charge in [0.05, 0.1) is 17.7 Å². The van der Waals surface area contributed by atoms with Crippen LogP contribution in [0.15, 0.2) is 0 Å². The van der Waals surface area contributed by atoms with Crippen molar-refractivity contribution in [3.05, 3.63) is 0 Å². The molecule has 1 saturated carbocycles. The van der Waals surface area contributed by atoms with Crippen molar-refractivity contribution in [2.75, 3.05) is 6.61 Å². The standard InChI is InChI=1S/C11H21NOS/c1-11(2)6-3-9(4-7-11)13-8-5-10(12)14/h9H,3-8H2,1-2H3,(H2,12,14). The van der Waals surface area contributed by atoms with Crippen molar-refractivity contribution >= 4 is 17.2 Å². The van der Waals surface area contributed by atoms with Crippen LogP contribution in [-0.2, 0) is 4.74 Å². The molecule has 82 valence electrons. The van der Waals surface area contributed by atoms with E-state index >= 15 is 0 Å². The number of nitrogens with two attached hydrogens (primary N) is 1. The summed E-state index contributed by atoms with van der Waals surface area (Å²) in [4.78, 5) is 0.557. The zero-order valence-electron chi connectivity index (χ0n) is 9.21. The fourth-order valence-electron chi connectivity index (χ4n) is 1.87. The molecule has 0 spiro atoms. The largest absolute Gasteiger partial charge is 0.393 e. The van der Waals surface area contributed by atoms with E-state index in [9.17, 15) is 0 Å². The van der Waals surface area contributed by atoms with E-state index in [1.54, 1.807) is 0 Å². The van der Waals surface area contributed by atoms with Crippen LogP contribution in [0.1, 0.15) is 46.0 Å². The second-order valence-electron chi connectivity index (χ2n) is 4.95. The molecule has 0 amide bonds. The van der Waals surface area contributed by atoms with E-state index in [0.29, 0.717) is 23.1 Å². The molecule has 0 heterocycles. The van der Waals surface area contributed by atoms with Gasteiger partial charge in [0.15, 0.2) is 0 Å². The van der Waals surface area contributed by atoms with Crippen molar-refractivity contribution in [3.63, 3.8) is 0 Å². The first kappa shape index (κ1) is 11.9. The first-order valence-corrected chi connectivity index (χ1v) is 5.80. The summed E-state index contributed by atoms with van der Waals surface area (Å²) in [5.74, 6) is 0. The molecule has 0 radical (unpaired) electrons. The summed E-state index contributed by atoms with van der Waals surface area (Å²) in [6, 6.07) is 0. The van der Waals surface area contributed by atoms with Crippen LogP contribution in [0.2, 0.25) is 0 Å². The summed E-state index contributed by atoms with van der Waals surface area (Å²) < 4.78 is 5.72. The van der Waals surface area contributed by atoms with Crippen LogP contribution in [0, 0.1) is 5.41 Å². The van der Waals surface area contributed by atoms with E-state index < -0.39 is 0 Å². The fourth-order valence-corrected chi connectivity index (χ4v) is 1.95. The van der Waals surface area contributed by atoms with Gasteiger partial charge in [-0.2, -0.15) is 0 Å². The molecule has 0 aromatic heterocycles. The molecule has 2 N–H and O–H groups in total. The summed E-state index contributed by atoms with van der Waals surface area (Å²) >= 11 is 4.80. The molecule has 0 aromatic carbocycles. The van der Waals surface area contributed by atoms with E-state index in [2.05, 4.69) is 13.8 Å². The van der Waals surface area contributed by atoms with Crippen molar-refractivity contribution in [3.8, 4) is 0 Å². The zero-order chi connectivity index (χ0) is 10.6. The number of ether oxygens (including phenoxy) is 1. The molecule has 0 aromatic rings. The minimum Gasteiger partial charge on any atom is -0.393 e. The Labute approximate surface area is 92.2 Å². The second kappa shape index (κ2) is 5.08. The molecular formula is C11H21NOS. The van der Waals surface area contributed by atoms with Gasteiger partial charge in [-0.1, -0.05) is 26.1 Å². The smallest absolute Gasteiger partial charge is 0.0750 e. The van der Waals surface area contributed by atoms with Crippen LogP contribution in [0.4, 0.5) is 0 Å². The highest BCUT2D eigenvalue weighted by Crippen LogP contribution is 2.36. The van der Waals surface area contributed by atoms with Gasteiger partial charge in [0.25, 0.3) is 0 Å². The summed E-state index contributed by atoms with van der Waals surface area (Å²) in [6.07, 6.45) is 6.07. The number of hydrogen-bond acceptors (Lipinski definition) is 2. The van der Waals surface area contributed by atoms with Gasteiger partial charge in [-0.15, -0.1) is 0 Å². The summed E-state index contributed by atoms with van der Waals surface area (Å²) in [5.41, 5.74) is 5.92. The molecule has 14 heavy (non-hydrogen) atoms. The average Bonchev–Trinajstić information content (AvgIpc) is 2.07. The lowest BCUT2D eigenvalue weighted by molar-refractivity contribution is 0.00788. The lowest BCUT2D eigenvalue weighted by atomic mass is 9.76. The Morgan fingerprint density at radius 1 is 1.43 bits per heavy atom. The molecule has 0 bridgehead atoms. The summed E-state index contributed by atoms with van der Waals surface area (Å²) in [5, 5.41) is 0. The summed E-state index contributed by atoms with van der Waals surface area (Å²) in [6.45, 7) is 5.36. The van der Waals surface area contributed by atoms with Crippen molar-refractivity contribution in [1.82, 2.24) is 0 Å². The summed E-state index contributed by atoms with van der Waals surface area (Å²) in [7, 11) is 0. The topological polar surface area (TPSA) is 35.2 Å². The molecule has 2 nitrogen and oxygen atoms in total. The van der Waals surface area contributed by atoms with Crippen LogP contribution in [0.3, 0.4) is 0 Å². The van der Waals surface area contributed by atoms with Gasteiger partial charge < -0.3 is 10.5 Å². The van der Waals surface area contributed by atoms with Crippen molar-refractivity contribution < 1.29 is 4.74 Å². The van der Waals surface area contributed by atoms with Crippen molar-refractivity contribution in [1.29, 1.82) is 0 Å². The van der Waals surface area contributed by atoms with Crippen LogP contribution in [0.25, 0.3) is 0 Å². The molecule has 0 aliphatic heterocycles. The van der Waals surface area contributed by atoms with E-state index in [1.165, 1.54) is 25.7 Å². The van der Waals surface area contributed by atoms with Crippen LogP contribution < -0.4 is 5.73 Å². The highest BCUT2D eigenvalue weighted by molar-refractivity contribution is 7.80. The van der Waals surface area contributed by atoms with Gasteiger partial charge in [0.1, 0.15) is 0 Å². The highest BCUT2D eigenvalue weighted by atomic mass is 32.1. The molecule has 1 rings (SSSR count). The van der Waals surface area contributed by atoms with E-state index in [4.69, 9.17) is 22.7 Å². The second-order valence-corrected chi connectivity index (χ2v) is 5.48. The Kier molecular flexibility index (Phi) is 4.32. The SMILES string of the molecule is CC1(C)CCC(OCCC(N)=S)CC1.